The van der Waals surface area contributed by atoms with Crippen LogP contribution in [0.25, 0.3) is 10.1 Å². The molecule has 0 spiro atoms. The van der Waals surface area contributed by atoms with Gasteiger partial charge in [-0.3, -0.25) is 4.79 Å². The van der Waals surface area contributed by atoms with E-state index in [-0.39, 0.29) is 18.6 Å². The molecule has 0 aliphatic carbocycles. The maximum Gasteiger partial charge on any atom is 0.248 e. The van der Waals surface area contributed by atoms with Crippen LogP contribution in [0.2, 0.25) is 0 Å². The van der Waals surface area contributed by atoms with Gasteiger partial charge >= 0.3 is 0 Å². The molecule has 1 N–H and O–H groups in total. The zero-order valence-electron chi connectivity index (χ0n) is 11.8. The number of nitrogens with zero attached hydrogens (tertiary/aromatic N) is 1. The third kappa shape index (κ3) is 3.61. The lowest BCUT2D eigenvalue weighted by Crippen LogP contribution is -2.32. The molecule has 4 nitrogen and oxygen atoms in total. The minimum Gasteiger partial charge on any atom is -0.391 e. The maximum atomic E-state index is 11.8. The van der Waals surface area contributed by atoms with Crippen molar-refractivity contribution in [2.75, 3.05) is 26.3 Å². The number of hydrogen-bond donors (Lipinski definition) is 1. The lowest BCUT2D eigenvalue weighted by Gasteiger charge is -2.15. The second kappa shape index (κ2) is 6.56. The molecule has 5 heteroatoms. The van der Waals surface area contributed by atoms with E-state index in [1.807, 2.05) is 0 Å². The van der Waals surface area contributed by atoms with Crippen molar-refractivity contribution < 1.29 is 14.6 Å². The molecule has 0 radical (unpaired) electrons. The summed E-state index contributed by atoms with van der Waals surface area (Å²) in [4.78, 5) is 13.5. The van der Waals surface area contributed by atoms with Gasteiger partial charge in [0.15, 0.2) is 0 Å². The Bertz CT molecular complexity index is 625. The van der Waals surface area contributed by atoms with Crippen LogP contribution < -0.4 is 0 Å². The molecule has 1 aromatic heterocycles. The molecule has 112 valence electrons. The molecule has 1 aliphatic heterocycles. The Morgan fingerprint density at radius 1 is 1.43 bits per heavy atom. The van der Waals surface area contributed by atoms with Crippen LogP contribution in [0.15, 0.2) is 29.6 Å². The summed E-state index contributed by atoms with van der Waals surface area (Å²) < 4.78 is 6.76. The zero-order valence-corrected chi connectivity index (χ0v) is 12.6. The molecule has 0 unspecified atom stereocenters. The van der Waals surface area contributed by atoms with Crippen molar-refractivity contribution in [2.45, 2.75) is 18.9 Å². The highest BCUT2D eigenvalue weighted by Gasteiger charge is 2.24. The molecule has 1 aromatic carbocycles. The molecule has 1 amide bonds. The number of aliphatic hydroxyl groups excluding tert-OH is 1. The van der Waals surface area contributed by atoms with E-state index in [1.54, 1.807) is 16.2 Å². The molecule has 2 heterocycles. The highest BCUT2D eigenvalue weighted by atomic mass is 32.1. The Kier molecular flexibility index (Phi) is 4.53. The number of carbonyl (C=O) groups is 1. The number of amides is 1. The van der Waals surface area contributed by atoms with E-state index in [2.05, 4.69) is 29.6 Å². The standard InChI is InChI=1S/C16H19NO3S/c18-14-3-6-17(10-14)16(19)11-20-7-4-12-1-2-13-5-8-21-15(13)9-12/h1-2,5,8-9,14,18H,3-4,6-7,10-11H2/t14-/m1/s1. The van der Waals surface area contributed by atoms with Gasteiger partial charge in [-0.1, -0.05) is 12.1 Å². The SMILES string of the molecule is O=C(COCCc1ccc2ccsc2c1)N1CC[C@@H](O)C1. The number of rotatable bonds is 5. The van der Waals surface area contributed by atoms with Crippen LogP contribution in [0.5, 0.6) is 0 Å². The number of fused-ring (bicyclic) bond motifs is 1. The number of thiophene rings is 1. The van der Waals surface area contributed by atoms with Crippen molar-refractivity contribution in [3.8, 4) is 0 Å². The second-order valence-electron chi connectivity index (χ2n) is 5.38. The molecule has 0 bridgehead atoms. The van der Waals surface area contributed by atoms with Gasteiger partial charge in [0.2, 0.25) is 5.91 Å². The molecule has 1 atom stereocenters. The number of β-amino-alcohol motifs (C(OH)–C–C–N with tert-alkyl or cyclic N) is 1. The van der Waals surface area contributed by atoms with Crippen LogP contribution in [0.3, 0.4) is 0 Å². The fourth-order valence-electron chi connectivity index (χ4n) is 2.56. The Balaban J connectivity index is 1.42. The summed E-state index contributed by atoms with van der Waals surface area (Å²) in [5, 5.41) is 12.8. The van der Waals surface area contributed by atoms with Gasteiger partial charge in [0, 0.05) is 17.8 Å². The van der Waals surface area contributed by atoms with Gasteiger partial charge in [0.25, 0.3) is 0 Å². The van der Waals surface area contributed by atoms with Gasteiger partial charge in [-0.05, 0) is 41.3 Å². The van der Waals surface area contributed by atoms with Crippen molar-refractivity contribution in [3.63, 3.8) is 0 Å². The summed E-state index contributed by atoms with van der Waals surface area (Å²) in [6, 6.07) is 8.53. The number of carbonyl (C=O) groups excluding carboxylic acids is 1. The fraction of sp³-hybridized carbons (Fsp3) is 0.438. The van der Waals surface area contributed by atoms with E-state index in [1.165, 1.54) is 15.6 Å². The molecule has 2 aromatic rings. The average Bonchev–Trinajstić information content (AvgIpc) is 3.11. The van der Waals surface area contributed by atoms with Crippen LogP contribution in [-0.4, -0.2) is 48.3 Å². The number of benzene rings is 1. The number of likely N-dealkylation sites (tertiary alicyclic amines) is 1. The van der Waals surface area contributed by atoms with Gasteiger partial charge in [0.05, 0.1) is 12.7 Å². The maximum absolute atomic E-state index is 11.8. The molecular formula is C16H19NO3S. The predicted octanol–water partition coefficient (Wildman–Crippen LogP) is 2.05. The van der Waals surface area contributed by atoms with Gasteiger partial charge in [0.1, 0.15) is 6.61 Å². The Labute approximate surface area is 127 Å². The minimum absolute atomic E-state index is 0.0275. The molecule has 1 saturated heterocycles. The summed E-state index contributed by atoms with van der Waals surface area (Å²) >= 11 is 1.74. The Morgan fingerprint density at radius 2 is 2.33 bits per heavy atom. The molecule has 0 saturated carbocycles. The largest absolute Gasteiger partial charge is 0.391 e. The summed E-state index contributed by atoms with van der Waals surface area (Å²) in [6.07, 6.45) is 1.11. The van der Waals surface area contributed by atoms with Crippen LogP contribution in [-0.2, 0) is 16.0 Å². The number of hydrogen-bond acceptors (Lipinski definition) is 4. The van der Waals surface area contributed by atoms with E-state index >= 15 is 0 Å². The first kappa shape index (κ1) is 14.5. The van der Waals surface area contributed by atoms with Crippen molar-refractivity contribution in [1.29, 1.82) is 0 Å². The Hall–Kier alpha value is -1.43. The summed E-state index contributed by atoms with van der Waals surface area (Å²) in [7, 11) is 0. The fourth-order valence-corrected chi connectivity index (χ4v) is 3.42. The van der Waals surface area contributed by atoms with Crippen LogP contribution >= 0.6 is 11.3 Å². The van der Waals surface area contributed by atoms with E-state index in [4.69, 9.17) is 4.74 Å². The first-order valence-corrected chi connectivity index (χ1v) is 8.10. The van der Waals surface area contributed by atoms with Gasteiger partial charge < -0.3 is 14.7 Å². The lowest BCUT2D eigenvalue weighted by atomic mass is 10.1. The van der Waals surface area contributed by atoms with Gasteiger partial charge in [-0.2, -0.15) is 0 Å². The van der Waals surface area contributed by atoms with E-state index in [0.717, 1.165) is 6.42 Å². The number of ether oxygens (including phenoxy) is 1. The first-order chi connectivity index (χ1) is 10.2. The third-order valence-electron chi connectivity index (χ3n) is 3.80. The minimum atomic E-state index is -0.369. The van der Waals surface area contributed by atoms with Gasteiger partial charge in [-0.25, -0.2) is 0 Å². The summed E-state index contributed by atoms with van der Waals surface area (Å²) in [5.74, 6) is -0.0275. The smallest absolute Gasteiger partial charge is 0.248 e. The lowest BCUT2D eigenvalue weighted by molar-refractivity contribution is -0.135. The monoisotopic (exact) mass is 305 g/mol. The summed E-state index contributed by atoms with van der Waals surface area (Å²) in [6.45, 7) is 1.72. The molecule has 1 aliphatic rings. The van der Waals surface area contributed by atoms with Gasteiger partial charge in [-0.15, -0.1) is 11.3 Å². The van der Waals surface area contributed by atoms with Crippen LogP contribution in [0, 0.1) is 0 Å². The topological polar surface area (TPSA) is 49.8 Å². The molecule has 1 fully saturated rings. The first-order valence-electron chi connectivity index (χ1n) is 7.22. The van der Waals surface area contributed by atoms with E-state index in [0.29, 0.717) is 26.1 Å². The zero-order chi connectivity index (χ0) is 14.7. The van der Waals surface area contributed by atoms with E-state index < -0.39 is 0 Å². The second-order valence-corrected chi connectivity index (χ2v) is 6.33. The predicted molar refractivity (Wildman–Crippen MR) is 83.6 cm³/mol. The summed E-state index contributed by atoms with van der Waals surface area (Å²) in [5.41, 5.74) is 1.23. The van der Waals surface area contributed by atoms with Crippen LogP contribution in [0.4, 0.5) is 0 Å². The van der Waals surface area contributed by atoms with Crippen molar-refractivity contribution in [2.24, 2.45) is 0 Å². The molecular weight excluding hydrogens is 286 g/mol. The molecule has 3 rings (SSSR count). The Morgan fingerprint density at radius 3 is 3.14 bits per heavy atom. The normalized spacial score (nSPS) is 18.5. The molecule has 21 heavy (non-hydrogen) atoms. The quantitative estimate of drug-likeness (QED) is 0.860. The number of aliphatic hydroxyl groups is 1. The van der Waals surface area contributed by atoms with Crippen molar-refractivity contribution >= 4 is 27.3 Å². The third-order valence-corrected chi connectivity index (χ3v) is 4.68. The highest BCUT2D eigenvalue weighted by molar-refractivity contribution is 7.17. The van der Waals surface area contributed by atoms with Crippen molar-refractivity contribution in [1.82, 2.24) is 4.90 Å². The van der Waals surface area contributed by atoms with Crippen LogP contribution in [0.1, 0.15) is 12.0 Å². The van der Waals surface area contributed by atoms with Crippen molar-refractivity contribution in [3.05, 3.63) is 35.2 Å². The van der Waals surface area contributed by atoms with E-state index in [9.17, 15) is 9.90 Å². The highest BCUT2D eigenvalue weighted by Crippen LogP contribution is 2.22. The average molecular weight is 305 g/mol.